The highest BCUT2D eigenvalue weighted by atomic mass is 16.5. The summed E-state index contributed by atoms with van der Waals surface area (Å²) in [6, 6.07) is 24.4. The molecule has 0 atom stereocenters. The first kappa shape index (κ1) is 23.3. The second-order valence-corrected chi connectivity index (χ2v) is 8.16. The number of hydrogen-bond acceptors (Lipinski definition) is 7. The number of anilines is 2. The quantitative estimate of drug-likeness (QED) is 0.401. The summed E-state index contributed by atoms with van der Waals surface area (Å²) in [4.78, 5) is 31.6. The first-order valence-electron chi connectivity index (χ1n) is 11.6. The predicted octanol–water partition coefficient (Wildman–Crippen LogP) is 3.57. The molecule has 0 bridgehead atoms. The Morgan fingerprint density at radius 2 is 1.67 bits per heavy atom. The molecule has 0 aliphatic carbocycles. The molecule has 3 heterocycles. The van der Waals surface area contributed by atoms with Crippen LogP contribution < -0.4 is 10.2 Å². The number of ether oxygens (including phenoxy) is 2. The topological polar surface area (TPSA) is 98.6 Å². The maximum Gasteiger partial charge on any atom is 0.340 e. The fourth-order valence-electron chi connectivity index (χ4n) is 3.87. The van der Waals surface area contributed by atoms with Gasteiger partial charge in [0.1, 0.15) is 11.6 Å². The number of carbonyl (C=O) groups is 2. The molecule has 36 heavy (non-hydrogen) atoms. The Kier molecular flexibility index (Phi) is 7.00. The monoisotopic (exact) mass is 483 g/mol. The summed E-state index contributed by atoms with van der Waals surface area (Å²) < 4.78 is 12.2. The Morgan fingerprint density at radius 3 is 2.36 bits per heavy atom. The van der Waals surface area contributed by atoms with Crippen LogP contribution in [-0.2, 0) is 14.3 Å². The summed E-state index contributed by atoms with van der Waals surface area (Å²) in [5.41, 5.74) is 2.69. The number of carbonyl (C=O) groups excluding carboxylic acids is 2. The van der Waals surface area contributed by atoms with E-state index in [0.29, 0.717) is 24.7 Å². The fraction of sp³-hybridized carbons (Fsp3) is 0.185. The van der Waals surface area contributed by atoms with E-state index in [0.717, 1.165) is 30.2 Å². The van der Waals surface area contributed by atoms with E-state index >= 15 is 0 Å². The number of amides is 1. The molecule has 4 aromatic rings. The molecular weight excluding hydrogens is 458 g/mol. The maximum atomic E-state index is 12.7. The summed E-state index contributed by atoms with van der Waals surface area (Å²) in [5.74, 6) is 0.152. The average Bonchev–Trinajstić information content (AvgIpc) is 3.37. The van der Waals surface area contributed by atoms with Gasteiger partial charge >= 0.3 is 5.97 Å². The Labute approximate surface area is 208 Å². The average molecular weight is 484 g/mol. The molecule has 2 aromatic carbocycles. The lowest BCUT2D eigenvalue weighted by Gasteiger charge is -2.27. The normalized spacial score (nSPS) is 13.3. The van der Waals surface area contributed by atoms with Gasteiger partial charge in [0, 0.05) is 30.9 Å². The van der Waals surface area contributed by atoms with Gasteiger partial charge in [-0.05, 0) is 24.3 Å². The lowest BCUT2D eigenvalue weighted by molar-refractivity contribution is -0.119. The van der Waals surface area contributed by atoms with Crippen LogP contribution in [0.5, 0.6) is 0 Å². The van der Waals surface area contributed by atoms with Crippen molar-refractivity contribution in [2.45, 2.75) is 0 Å². The van der Waals surface area contributed by atoms with E-state index in [1.54, 1.807) is 22.9 Å². The molecule has 2 aromatic heterocycles. The number of pyridine rings is 1. The Bertz CT molecular complexity index is 1320. The Balaban J connectivity index is 1.25. The molecule has 9 nitrogen and oxygen atoms in total. The number of esters is 1. The number of hydrogen-bond donors (Lipinski definition) is 1. The molecule has 1 fully saturated rings. The van der Waals surface area contributed by atoms with E-state index in [1.165, 1.54) is 6.20 Å². The molecule has 1 N–H and O–H groups in total. The summed E-state index contributed by atoms with van der Waals surface area (Å²) in [5, 5.41) is 7.48. The van der Waals surface area contributed by atoms with Crippen molar-refractivity contribution >= 4 is 23.5 Å². The molecule has 1 amide bonds. The Morgan fingerprint density at radius 1 is 0.944 bits per heavy atom. The van der Waals surface area contributed by atoms with Crippen LogP contribution in [0.1, 0.15) is 10.4 Å². The van der Waals surface area contributed by atoms with Gasteiger partial charge in [0.25, 0.3) is 5.91 Å². The molecule has 1 saturated heterocycles. The summed E-state index contributed by atoms with van der Waals surface area (Å²) in [6.45, 7) is 2.36. The van der Waals surface area contributed by atoms with Crippen LogP contribution >= 0.6 is 0 Å². The van der Waals surface area contributed by atoms with Gasteiger partial charge in [-0.2, -0.15) is 5.10 Å². The molecule has 0 radical (unpaired) electrons. The minimum atomic E-state index is -0.618. The van der Waals surface area contributed by atoms with Crippen molar-refractivity contribution in [1.82, 2.24) is 14.8 Å². The highest BCUT2D eigenvalue weighted by molar-refractivity contribution is 5.95. The van der Waals surface area contributed by atoms with Crippen LogP contribution in [0.15, 0.2) is 85.1 Å². The second-order valence-electron chi connectivity index (χ2n) is 8.16. The predicted molar refractivity (Wildman–Crippen MR) is 135 cm³/mol. The highest BCUT2D eigenvalue weighted by Crippen LogP contribution is 2.24. The van der Waals surface area contributed by atoms with E-state index in [1.807, 2.05) is 60.7 Å². The minimum Gasteiger partial charge on any atom is -0.452 e. The number of morpholine rings is 1. The van der Waals surface area contributed by atoms with Gasteiger partial charge in [0.15, 0.2) is 6.61 Å². The van der Waals surface area contributed by atoms with Crippen molar-refractivity contribution in [3.63, 3.8) is 0 Å². The van der Waals surface area contributed by atoms with Crippen molar-refractivity contribution in [2.24, 2.45) is 0 Å². The molecule has 182 valence electrons. The number of benzene rings is 2. The van der Waals surface area contributed by atoms with Crippen LogP contribution in [0.25, 0.3) is 16.9 Å². The van der Waals surface area contributed by atoms with E-state index in [-0.39, 0.29) is 5.56 Å². The maximum absolute atomic E-state index is 12.7. The molecule has 0 saturated carbocycles. The third-order valence-electron chi connectivity index (χ3n) is 5.70. The molecular formula is C27H25N5O4. The van der Waals surface area contributed by atoms with Gasteiger partial charge in [0.05, 0.1) is 30.2 Å². The van der Waals surface area contributed by atoms with Crippen molar-refractivity contribution in [1.29, 1.82) is 0 Å². The first-order chi connectivity index (χ1) is 17.7. The molecule has 9 heteroatoms. The van der Waals surface area contributed by atoms with E-state index in [9.17, 15) is 9.59 Å². The standard InChI is InChI=1S/C27H25N5O4/c33-26(19-36-27(34)21-11-12-24(28-18-21)31-13-15-35-16-14-31)29-25-17-23(20-7-3-1-4-8-20)30-32(25)22-9-5-2-6-10-22/h1-12,17-18H,13-16,19H2,(H,29,33). The number of nitrogens with zero attached hydrogens (tertiary/aromatic N) is 4. The highest BCUT2D eigenvalue weighted by Gasteiger charge is 2.17. The number of nitrogens with one attached hydrogen (secondary N) is 1. The van der Waals surface area contributed by atoms with Crippen molar-refractivity contribution < 1.29 is 19.1 Å². The minimum absolute atomic E-state index is 0.278. The summed E-state index contributed by atoms with van der Waals surface area (Å²) in [7, 11) is 0. The fourth-order valence-corrected chi connectivity index (χ4v) is 3.87. The molecule has 0 unspecified atom stereocenters. The van der Waals surface area contributed by atoms with Gasteiger partial charge in [-0.3, -0.25) is 4.79 Å². The second kappa shape index (κ2) is 10.8. The van der Waals surface area contributed by atoms with Crippen LogP contribution in [0.3, 0.4) is 0 Å². The van der Waals surface area contributed by atoms with E-state index in [2.05, 4.69) is 20.3 Å². The Hall–Kier alpha value is -4.50. The number of para-hydroxylation sites is 1. The first-order valence-corrected chi connectivity index (χ1v) is 11.6. The number of aromatic nitrogens is 3. The third-order valence-corrected chi connectivity index (χ3v) is 5.70. The lowest BCUT2D eigenvalue weighted by atomic mass is 10.2. The van der Waals surface area contributed by atoms with Gasteiger partial charge in [0.2, 0.25) is 0 Å². The van der Waals surface area contributed by atoms with Gasteiger partial charge in [-0.25, -0.2) is 14.5 Å². The smallest absolute Gasteiger partial charge is 0.340 e. The zero-order valence-electron chi connectivity index (χ0n) is 19.5. The molecule has 1 aliphatic rings. The van der Waals surface area contributed by atoms with Crippen molar-refractivity contribution in [3.8, 4) is 16.9 Å². The lowest BCUT2D eigenvalue weighted by Crippen LogP contribution is -2.36. The van der Waals surface area contributed by atoms with Crippen LogP contribution in [0, 0.1) is 0 Å². The molecule has 1 aliphatic heterocycles. The number of rotatable bonds is 7. The van der Waals surface area contributed by atoms with Gasteiger partial charge in [-0.15, -0.1) is 0 Å². The van der Waals surface area contributed by atoms with E-state index < -0.39 is 18.5 Å². The SMILES string of the molecule is O=C(COC(=O)c1ccc(N2CCOCC2)nc1)Nc1cc(-c2ccccc2)nn1-c1ccccc1. The van der Waals surface area contributed by atoms with Gasteiger partial charge < -0.3 is 19.7 Å². The van der Waals surface area contributed by atoms with Crippen LogP contribution in [-0.4, -0.2) is 59.6 Å². The van der Waals surface area contributed by atoms with Crippen molar-refractivity contribution in [2.75, 3.05) is 43.1 Å². The summed E-state index contributed by atoms with van der Waals surface area (Å²) in [6.07, 6.45) is 1.46. The van der Waals surface area contributed by atoms with Gasteiger partial charge in [-0.1, -0.05) is 48.5 Å². The van der Waals surface area contributed by atoms with E-state index in [4.69, 9.17) is 9.47 Å². The third kappa shape index (κ3) is 5.42. The van der Waals surface area contributed by atoms with Crippen LogP contribution in [0.4, 0.5) is 11.6 Å². The molecule has 5 rings (SSSR count). The molecule has 0 spiro atoms. The van der Waals surface area contributed by atoms with Crippen LogP contribution in [0.2, 0.25) is 0 Å². The summed E-state index contributed by atoms with van der Waals surface area (Å²) >= 11 is 0. The zero-order valence-corrected chi connectivity index (χ0v) is 19.5. The largest absolute Gasteiger partial charge is 0.452 e. The zero-order chi connectivity index (χ0) is 24.7. The van der Waals surface area contributed by atoms with Crippen molar-refractivity contribution in [3.05, 3.63) is 90.6 Å².